The van der Waals surface area contributed by atoms with Crippen molar-refractivity contribution in [3.05, 3.63) is 0 Å². The van der Waals surface area contributed by atoms with E-state index >= 15 is 0 Å². The first kappa shape index (κ1) is 79.7. The van der Waals surface area contributed by atoms with Crippen LogP contribution in [0.5, 0.6) is 0 Å². The second kappa shape index (κ2) is 858. The van der Waals surface area contributed by atoms with E-state index in [0.29, 0.717) is 0 Å². The maximum absolute atomic E-state index is 6.00. The van der Waals surface area contributed by atoms with Crippen molar-refractivity contribution >= 4 is 8.41 Å². The van der Waals surface area contributed by atoms with Crippen LogP contribution in [-0.4, -0.2) is 22.5 Å². The first-order chi connectivity index (χ1) is 3.00. The van der Waals surface area contributed by atoms with Gasteiger partial charge in [-0.25, -0.2) is 0 Å². The molecule has 0 fully saturated rings. The minimum absolute atomic E-state index is 0. The Hall–Kier alpha value is -0.595. The van der Waals surface area contributed by atoms with E-state index in [1.807, 2.05) is 0 Å². The fraction of sp³-hybridized carbons (Fsp3) is 1.00. The quantitative estimate of drug-likeness (QED) is 0.360. The fourth-order valence-corrected chi connectivity index (χ4v) is 0. The zero-order valence-corrected chi connectivity index (χ0v) is 4.63. The molecule has 9 heavy (non-hydrogen) atoms. The highest BCUT2D eigenvalue weighted by Gasteiger charge is 0.838. The minimum Gasteiger partial charge on any atom is -0.333 e. The van der Waals surface area contributed by atoms with Crippen molar-refractivity contribution in [1.82, 2.24) is 0 Å². The van der Waals surface area contributed by atoms with Crippen LogP contribution in [0, 0.1) is 10.8 Å². The van der Waals surface area contributed by atoms with Crippen molar-refractivity contribution < 1.29 is 0 Å². The lowest BCUT2D eigenvalue weighted by Crippen LogP contribution is -1.69. The summed E-state index contributed by atoms with van der Waals surface area (Å²) in [4.78, 5) is 0. The van der Waals surface area contributed by atoms with Gasteiger partial charge in [0.15, 0.2) is 0 Å². The molecule has 57 valence electrons. The van der Waals surface area contributed by atoms with Crippen molar-refractivity contribution in [2.45, 2.75) is 14.9 Å². The van der Waals surface area contributed by atoms with Gasteiger partial charge in [-0.2, -0.15) is 0 Å². The molecule has 0 rings (SSSR count). The molecule has 0 unspecified atom stereocenters. The Labute approximate surface area is 60.6 Å². The molecule has 4 N–H and O–H groups in total. The van der Waals surface area contributed by atoms with Gasteiger partial charge < -0.3 is 11.5 Å². The van der Waals surface area contributed by atoms with Gasteiger partial charge in [-0.15, -0.1) is 0 Å². The number of nitrogens with zero attached hydrogens (tertiary/aromatic N) is 2. The van der Waals surface area contributed by atoms with Crippen LogP contribution in [0.15, 0.2) is 0 Å². The number of hydrogen-bond acceptors (Lipinski definition) is 4. The summed E-state index contributed by atoms with van der Waals surface area (Å²) in [6, 6.07) is 0. The van der Waals surface area contributed by atoms with Crippen LogP contribution >= 0.6 is 0 Å². The number of nitrogens with two attached hydrogens (primary N) is 2. The SMILES string of the molecule is C.C.CN.CN.N#N.[B]. The number of hydrogen-bond donors (Lipinski definition) is 2. The maximum Gasteiger partial charge on any atom is 0 e. The van der Waals surface area contributed by atoms with Crippen molar-refractivity contribution in [3.63, 3.8) is 0 Å². The molecule has 0 saturated carbocycles. The second-order valence-corrected chi connectivity index (χ2v) is 0. The molecule has 3 radical (unpaired) electrons. The average Bonchev–Trinajstić information content (AvgIpc) is 1.81. The molecule has 5 heteroatoms. The molecular weight excluding hydrogens is 115 g/mol. The van der Waals surface area contributed by atoms with Gasteiger partial charge in [0, 0.05) is 19.2 Å². The largest absolute Gasteiger partial charge is 0.333 e. The molecule has 0 bridgehead atoms. The first-order valence-electron chi connectivity index (χ1n) is 1.35. The third kappa shape index (κ3) is 611. The molecule has 0 aliphatic heterocycles. The van der Waals surface area contributed by atoms with Gasteiger partial charge in [-0.05, 0) is 14.1 Å². The average molecular weight is 133 g/mol. The summed E-state index contributed by atoms with van der Waals surface area (Å²) in [5, 5.41) is 12.0. The summed E-state index contributed by atoms with van der Waals surface area (Å²) in [6.07, 6.45) is 0. The van der Waals surface area contributed by atoms with Gasteiger partial charge >= 0.3 is 0 Å². The first-order valence-corrected chi connectivity index (χ1v) is 1.35. The summed E-state index contributed by atoms with van der Waals surface area (Å²) in [5.41, 5.74) is 9.00. The van der Waals surface area contributed by atoms with E-state index in [4.69, 9.17) is 10.8 Å². The van der Waals surface area contributed by atoms with E-state index in [1.165, 1.54) is 14.1 Å². The van der Waals surface area contributed by atoms with E-state index < -0.39 is 0 Å². The molecule has 0 amide bonds. The van der Waals surface area contributed by atoms with Crippen molar-refractivity contribution in [2.24, 2.45) is 11.5 Å². The molecule has 0 aliphatic carbocycles. The van der Waals surface area contributed by atoms with E-state index in [-0.39, 0.29) is 23.3 Å². The van der Waals surface area contributed by atoms with Crippen LogP contribution in [0.2, 0.25) is 0 Å². The van der Waals surface area contributed by atoms with Crippen LogP contribution in [0.3, 0.4) is 0 Å². The van der Waals surface area contributed by atoms with E-state index in [2.05, 4.69) is 11.5 Å². The maximum atomic E-state index is 6.00. The molecule has 0 spiro atoms. The van der Waals surface area contributed by atoms with Gasteiger partial charge in [0.05, 0.1) is 0 Å². The van der Waals surface area contributed by atoms with E-state index in [9.17, 15) is 0 Å². The Morgan fingerprint density at radius 2 is 0.778 bits per heavy atom. The topological polar surface area (TPSA) is 99.6 Å². The highest BCUT2D eigenvalue weighted by molar-refractivity contribution is 5.75. The Morgan fingerprint density at radius 3 is 0.778 bits per heavy atom. The standard InChI is InChI=1S/2CH5N.2CH4.B.N2/c2*1-2;;;;1-2/h2*2H2,1H3;2*1H4;;. The van der Waals surface area contributed by atoms with Crippen LogP contribution in [-0.2, 0) is 0 Å². The monoisotopic (exact) mass is 133 g/mol. The number of rotatable bonds is 0. The van der Waals surface area contributed by atoms with Gasteiger partial charge in [0.2, 0.25) is 0 Å². The summed E-state index contributed by atoms with van der Waals surface area (Å²) in [6.45, 7) is 0. The van der Waals surface area contributed by atoms with Crippen molar-refractivity contribution in [3.8, 4) is 0 Å². The lowest BCUT2D eigenvalue weighted by atomic mass is 10.8. The van der Waals surface area contributed by atoms with Gasteiger partial charge in [-0.3, -0.25) is 0 Å². The normalized spacial score (nSPS) is 1.56. The van der Waals surface area contributed by atoms with Crippen molar-refractivity contribution in [2.75, 3.05) is 14.1 Å². The van der Waals surface area contributed by atoms with E-state index in [1.54, 1.807) is 0 Å². The van der Waals surface area contributed by atoms with Crippen molar-refractivity contribution in [1.29, 1.82) is 10.8 Å². The summed E-state index contributed by atoms with van der Waals surface area (Å²) in [7, 11) is 3.00. The zero-order chi connectivity index (χ0) is 6.00. The molecule has 0 aliphatic rings. The summed E-state index contributed by atoms with van der Waals surface area (Å²) >= 11 is 0. The van der Waals surface area contributed by atoms with E-state index in [0.717, 1.165) is 0 Å². The lowest BCUT2D eigenvalue weighted by molar-refractivity contribution is 1.15. The van der Waals surface area contributed by atoms with Gasteiger partial charge in [0.1, 0.15) is 0 Å². The van der Waals surface area contributed by atoms with Crippen LogP contribution in [0.4, 0.5) is 0 Å². The molecule has 0 aromatic carbocycles. The molecular formula is C4H18BN4. The molecule has 0 atom stereocenters. The summed E-state index contributed by atoms with van der Waals surface area (Å²) in [5.74, 6) is 0. The fourth-order valence-electron chi connectivity index (χ4n) is 0. The Balaban J connectivity index is -0.00000000321. The van der Waals surface area contributed by atoms with Crippen LogP contribution in [0.1, 0.15) is 14.9 Å². The third-order valence-electron chi connectivity index (χ3n) is 0. The Morgan fingerprint density at radius 1 is 0.778 bits per heavy atom. The smallest absolute Gasteiger partial charge is 0 e. The molecule has 0 heterocycles. The lowest BCUT2D eigenvalue weighted by Gasteiger charge is -1.19. The molecule has 4 nitrogen and oxygen atoms in total. The Bertz CT molecular complexity index is 17.3. The molecule has 0 aromatic rings. The van der Waals surface area contributed by atoms with Crippen LogP contribution in [0.25, 0.3) is 0 Å². The third-order valence-corrected chi connectivity index (χ3v) is 0. The van der Waals surface area contributed by atoms with Gasteiger partial charge in [-0.1, -0.05) is 14.9 Å². The highest BCUT2D eigenvalue weighted by Crippen LogP contribution is 0.593. The van der Waals surface area contributed by atoms with Gasteiger partial charge in [0.25, 0.3) is 0 Å². The molecule has 0 aromatic heterocycles. The Kier molecular flexibility index (Phi) is 7600. The minimum atomic E-state index is 0. The second-order valence-electron chi connectivity index (χ2n) is 0. The highest BCUT2D eigenvalue weighted by atomic mass is 14.6. The summed E-state index contributed by atoms with van der Waals surface area (Å²) < 4.78 is 0. The predicted octanol–water partition coefficient (Wildman–Crippen LogP) is 0.0714. The predicted molar refractivity (Wildman–Crippen MR) is 42.9 cm³/mol. The zero-order valence-electron chi connectivity index (χ0n) is 4.63. The van der Waals surface area contributed by atoms with Crippen LogP contribution < -0.4 is 11.5 Å². The molecule has 0 saturated heterocycles.